The van der Waals surface area contributed by atoms with Crippen LogP contribution in [0.25, 0.3) is 11.3 Å². The van der Waals surface area contributed by atoms with Gasteiger partial charge in [-0.15, -0.1) is 0 Å². The topological polar surface area (TPSA) is 31.9 Å². The van der Waals surface area contributed by atoms with Gasteiger partial charge in [-0.05, 0) is 48.0 Å². The first-order chi connectivity index (χ1) is 11.3. The summed E-state index contributed by atoms with van der Waals surface area (Å²) >= 11 is 1.70. The molecule has 1 aliphatic rings. The molecule has 2 aromatic heterocycles. The molecule has 1 aromatic carbocycles. The predicted octanol–water partition coefficient (Wildman–Crippen LogP) is 4.27. The number of thiophene rings is 1. The number of benzene rings is 1. The van der Waals surface area contributed by atoms with E-state index in [0.29, 0.717) is 5.92 Å². The average molecular weight is 327 g/mol. The van der Waals surface area contributed by atoms with Gasteiger partial charge in [-0.2, -0.15) is 16.4 Å². The van der Waals surface area contributed by atoms with Gasteiger partial charge in [-0.3, -0.25) is 10.00 Å². The molecule has 0 spiro atoms. The number of aromatic amines is 1. The van der Waals surface area contributed by atoms with Crippen LogP contribution in [0.3, 0.4) is 0 Å². The number of hydrogen-bond donors (Lipinski definition) is 1. The lowest BCUT2D eigenvalue weighted by Gasteiger charge is -2.16. The van der Waals surface area contributed by atoms with Gasteiger partial charge in [0.05, 0.1) is 11.9 Å². The largest absolute Gasteiger partial charge is 0.298 e. The molecule has 1 aliphatic heterocycles. The Balaban J connectivity index is 1.45. The lowest BCUT2D eigenvalue weighted by atomic mass is 9.99. The quantitative estimate of drug-likeness (QED) is 0.776. The second-order valence-electron chi connectivity index (χ2n) is 6.05. The Morgan fingerprint density at radius 2 is 2.13 bits per heavy atom. The summed E-state index contributed by atoms with van der Waals surface area (Å²) < 4.78 is 13.1. The summed E-state index contributed by atoms with van der Waals surface area (Å²) in [6.07, 6.45) is 3.05. The number of likely N-dealkylation sites (tertiary alicyclic amines) is 1. The summed E-state index contributed by atoms with van der Waals surface area (Å²) in [6, 6.07) is 9.06. The summed E-state index contributed by atoms with van der Waals surface area (Å²) in [4.78, 5) is 2.45. The van der Waals surface area contributed by atoms with Crippen molar-refractivity contribution in [2.45, 2.75) is 18.9 Å². The first kappa shape index (κ1) is 14.6. The predicted molar refractivity (Wildman–Crippen MR) is 90.9 cm³/mol. The molecule has 0 aliphatic carbocycles. The monoisotopic (exact) mass is 327 g/mol. The fraction of sp³-hybridized carbons (Fsp3) is 0.278. The van der Waals surface area contributed by atoms with Crippen molar-refractivity contribution in [3.63, 3.8) is 0 Å². The molecule has 1 N–H and O–H groups in total. The normalized spacial score (nSPS) is 18.6. The number of nitrogens with zero attached hydrogens (tertiary/aromatic N) is 2. The molecule has 5 heteroatoms. The van der Waals surface area contributed by atoms with Gasteiger partial charge in [0.15, 0.2) is 0 Å². The summed E-state index contributed by atoms with van der Waals surface area (Å²) in [5.74, 6) is 0.328. The van der Waals surface area contributed by atoms with Crippen molar-refractivity contribution in [1.29, 1.82) is 0 Å². The summed E-state index contributed by atoms with van der Waals surface area (Å²) in [5.41, 5.74) is 4.80. The van der Waals surface area contributed by atoms with Crippen molar-refractivity contribution in [2.75, 3.05) is 13.1 Å². The molecular weight excluding hydrogens is 309 g/mol. The Kier molecular flexibility index (Phi) is 3.97. The fourth-order valence-electron chi connectivity index (χ4n) is 3.31. The molecule has 3 heterocycles. The number of hydrogen-bond acceptors (Lipinski definition) is 3. The maximum atomic E-state index is 13.1. The Hall–Kier alpha value is -1.98. The maximum absolute atomic E-state index is 13.1. The maximum Gasteiger partial charge on any atom is 0.123 e. The molecule has 1 saturated heterocycles. The Bertz CT molecular complexity index is 764. The molecule has 0 saturated carbocycles. The third kappa shape index (κ3) is 3.07. The van der Waals surface area contributed by atoms with E-state index in [4.69, 9.17) is 0 Å². The standard InChI is InChI=1S/C18H18FN3S/c19-17-3-1-13(2-4-17)14-5-7-22(10-14)11-16-9-20-21-18(16)15-6-8-23-12-15/h1-4,6,8-9,12,14H,5,7,10-11H2,(H,20,21). The number of halogens is 1. The van der Waals surface area contributed by atoms with Crippen LogP contribution in [0.1, 0.15) is 23.5 Å². The van der Waals surface area contributed by atoms with Crippen LogP contribution in [0.2, 0.25) is 0 Å². The highest BCUT2D eigenvalue weighted by Gasteiger charge is 2.25. The molecule has 1 unspecified atom stereocenters. The second-order valence-corrected chi connectivity index (χ2v) is 6.83. The van der Waals surface area contributed by atoms with Crippen LogP contribution in [0.4, 0.5) is 4.39 Å². The van der Waals surface area contributed by atoms with Crippen molar-refractivity contribution in [3.05, 3.63) is 64.2 Å². The van der Waals surface area contributed by atoms with Crippen molar-refractivity contribution in [1.82, 2.24) is 15.1 Å². The van der Waals surface area contributed by atoms with Crippen LogP contribution < -0.4 is 0 Å². The van der Waals surface area contributed by atoms with Gasteiger partial charge in [0.2, 0.25) is 0 Å². The zero-order valence-electron chi connectivity index (χ0n) is 12.7. The Morgan fingerprint density at radius 3 is 2.91 bits per heavy atom. The van der Waals surface area contributed by atoms with Gasteiger partial charge in [-0.1, -0.05) is 12.1 Å². The van der Waals surface area contributed by atoms with Gasteiger partial charge in [0.25, 0.3) is 0 Å². The molecule has 1 fully saturated rings. The first-order valence-electron chi connectivity index (χ1n) is 7.82. The van der Waals surface area contributed by atoms with Crippen LogP contribution >= 0.6 is 11.3 Å². The van der Waals surface area contributed by atoms with Crippen molar-refractivity contribution < 1.29 is 4.39 Å². The van der Waals surface area contributed by atoms with E-state index in [-0.39, 0.29) is 5.82 Å². The molecule has 1 atom stereocenters. The zero-order chi connectivity index (χ0) is 15.6. The lowest BCUT2D eigenvalue weighted by Crippen LogP contribution is -2.19. The molecule has 3 nitrogen and oxygen atoms in total. The van der Waals surface area contributed by atoms with Gasteiger partial charge in [0, 0.05) is 29.6 Å². The molecule has 0 radical (unpaired) electrons. The van der Waals surface area contributed by atoms with Crippen molar-refractivity contribution in [2.24, 2.45) is 0 Å². The third-order valence-electron chi connectivity index (χ3n) is 4.54. The van der Waals surface area contributed by atoms with Crippen LogP contribution in [-0.2, 0) is 6.54 Å². The lowest BCUT2D eigenvalue weighted by molar-refractivity contribution is 0.327. The highest BCUT2D eigenvalue weighted by Crippen LogP contribution is 2.30. The van der Waals surface area contributed by atoms with Gasteiger partial charge < -0.3 is 0 Å². The summed E-state index contributed by atoms with van der Waals surface area (Å²) in [7, 11) is 0. The number of rotatable bonds is 4. The van der Waals surface area contributed by atoms with E-state index >= 15 is 0 Å². The highest BCUT2D eigenvalue weighted by atomic mass is 32.1. The minimum absolute atomic E-state index is 0.164. The Morgan fingerprint density at radius 1 is 1.26 bits per heavy atom. The van der Waals surface area contributed by atoms with E-state index in [0.717, 1.165) is 31.7 Å². The van der Waals surface area contributed by atoms with Crippen LogP contribution in [0, 0.1) is 5.82 Å². The zero-order valence-corrected chi connectivity index (χ0v) is 13.5. The molecule has 23 heavy (non-hydrogen) atoms. The van der Waals surface area contributed by atoms with Crippen molar-refractivity contribution >= 4 is 11.3 Å². The van der Waals surface area contributed by atoms with E-state index in [1.54, 1.807) is 23.5 Å². The average Bonchev–Trinajstić information content (AvgIpc) is 3.29. The van der Waals surface area contributed by atoms with Crippen LogP contribution in [0.5, 0.6) is 0 Å². The van der Waals surface area contributed by atoms with E-state index in [1.165, 1.54) is 16.7 Å². The van der Waals surface area contributed by atoms with E-state index < -0.39 is 0 Å². The minimum Gasteiger partial charge on any atom is -0.298 e. The van der Waals surface area contributed by atoms with Gasteiger partial charge in [0.1, 0.15) is 5.82 Å². The van der Waals surface area contributed by atoms with E-state index in [2.05, 4.69) is 31.9 Å². The number of H-pyrrole nitrogens is 1. The molecule has 0 amide bonds. The highest BCUT2D eigenvalue weighted by molar-refractivity contribution is 7.08. The van der Waals surface area contributed by atoms with Crippen LogP contribution in [-0.4, -0.2) is 28.2 Å². The number of nitrogens with one attached hydrogen (secondary N) is 1. The SMILES string of the molecule is Fc1ccc(C2CCN(Cc3cn[nH]c3-c3ccsc3)C2)cc1. The molecular formula is C18H18FN3S. The minimum atomic E-state index is -0.164. The summed E-state index contributed by atoms with van der Waals surface area (Å²) in [6.45, 7) is 2.98. The van der Waals surface area contributed by atoms with E-state index in [1.807, 2.05) is 18.3 Å². The van der Waals surface area contributed by atoms with Crippen molar-refractivity contribution in [3.8, 4) is 11.3 Å². The van der Waals surface area contributed by atoms with Crippen LogP contribution in [0.15, 0.2) is 47.3 Å². The Labute approximate surface area is 138 Å². The summed E-state index contributed by atoms with van der Waals surface area (Å²) in [5, 5.41) is 11.6. The number of aromatic nitrogens is 2. The first-order valence-corrected chi connectivity index (χ1v) is 8.76. The van der Waals surface area contributed by atoms with Gasteiger partial charge in [-0.25, -0.2) is 4.39 Å². The smallest absolute Gasteiger partial charge is 0.123 e. The van der Waals surface area contributed by atoms with E-state index in [9.17, 15) is 4.39 Å². The molecule has 118 valence electrons. The molecule has 3 aromatic rings. The van der Waals surface area contributed by atoms with Gasteiger partial charge >= 0.3 is 0 Å². The third-order valence-corrected chi connectivity index (χ3v) is 5.22. The molecule has 4 rings (SSSR count). The fourth-order valence-corrected chi connectivity index (χ4v) is 3.96. The molecule has 0 bridgehead atoms. The second kappa shape index (κ2) is 6.26.